The third-order valence-electron chi connectivity index (χ3n) is 3.26. The SMILES string of the molecule is CCOc1c(Br)cc(Cl)cc1NCC1CC=CCC1. The Kier molecular flexibility index (Phi) is 5.59. The summed E-state index contributed by atoms with van der Waals surface area (Å²) in [5.41, 5.74) is 0.968. The minimum Gasteiger partial charge on any atom is -0.491 e. The van der Waals surface area contributed by atoms with E-state index in [9.17, 15) is 0 Å². The second-order valence-electron chi connectivity index (χ2n) is 4.73. The van der Waals surface area contributed by atoms with Crippen molar-refractivity contribution in [2.75, 3.05) is 18.5 Å². The van der Waals surface area contributed by atoms with Gasteiger partial charge in [-0.15, -0.1) is 0 Å². The van der Waals surface area contributed by atoms with E-state index in [2.05, 4.69) is 33.4 Å². The molecule has 1 unspecified atom stereocenters. The third-order valence-corrected chi connectivity index (χ3v) is 4.06. The highest BCUT2D eigenvalue weighted by molar-refractivity contribution is 9.10. The molecule has 0 saturated heterocycles. The minimum absolute atomic E-state index is 0.640. The molecule has 0 aliphatic heterocycles. The van der Waals surface area contributed by atoms with Gasteiger partial charge in [0, 0.05) is 11.6 Å². The number of hydrogen-bond acceptors (Lipinski definition) is 2. The maximum atomic E-state index is 6.11. The molecule has 1 aromatic rings. The van der Waals surface area contributed by atoms with Crippen LogP contribution in [0.2, 0.25) is 5.02 Å². The van der Waals surface area contributed by atoms with Crippen LogP contribution in [0.3, 0.4) is 0 Å². The van der Waals surface area contributed by atoms with Crippen molar-refractivity contribution in [3.8, 4) is 5.75 Å². The zero-order valence-corrected chi connectivity index (χ0v) is 13.4. The Morgan fingerprint density at radius 3 is 2.95 bits per heavy atom. The van der Waals surface area contributed by atoms with E-state index in [4.69, 9.17) is 16.3 Å². The molecule has 0 saturated carbocycles. The quantitative estimate of drug-likeness (QED) is 0.735. The van der Waals surface area contributed by atoms with Crippen LogP contribution in [0.15, 0.2) is 28.8 Å². The van der Waals surface area contributed by atoms with E-state index < -0.39 is 0 Å². The lowest BCUT2D eigenvalue weighted by Crippen LogP contribution is -2.16. The zero-order valence-electron chi connectivity index (χ0n) is 11.1. The van der Waals surface area contributed by atoms with Gasteiger partial charge in [0.2, 0.25) is 0 Å². The Bertz CT molecular complexity index is 462. The first kappa shape index (κ1) is 14.7. The van der Waals surface area contributed by atoms with Gasteiger partial charge in [0.1, 0.15) is 0 Å². The van der Waals surface area contributed by atoms with E-state index in [0.717, 1.165) is 28.9 Å². The zero-order chi connectivity index (χ0) is 13.7. The summed E-state index contributed by atoms with van der Waals surface area (Å²) in [7, 11) is 0. The van der Waals surface area contributed by atoms with Crippen LogP contribution in [0, 0.1) is 5.92 Å². The number of nitrogens with one attached hydrogen (secondary N) is 1. The van der Waals surface area contributed by atoms with Crippen molar-refractivity contribution in [2.24, 2.45) is 5.92 Å². The summed E-state index contributed by atoms with van der Waals surface area (Å²) in [6.45, 7) is 3.58. The van der Waals surface area contributed by atoms with E-state index in [0.29, 0.717) is 17.5 Å². The molecule has 1 atom stereocenters. The molecule has 4 heteroatoms. The number of ether oxygens (including phenoxy) is 1. The van der Waals surface area contributed by atoms with Crippen molar-refractivity contribution < 1.29 is 4.74 Å². The molecule has 104 valence electrons. The van der Waals surface area contributed by atoms with Crippen LogP contribution in [0.25, 0.3) is 0 Å². The third kappa shape index (κ3) is 4.15. The van der Waals surface area contributed by atoms with Crippen LogP contribution in [0.5, 0.6) is 5.75 Å². The van der Waals surface area contributed by atoms with E-state index in [1.807, 2.05) is 19.1 Å². The van der Waals surface area contributed by atoms with Gasteiger partial charge in [-0.05, 0) is 60.2 Å². The second kappa shape index (κ2) is 7.20. The Hall–Kier alpha value is -0.670. The fourth-order valence-corrected chi connectivity index (χ4v) is 3.20. The average Bonchev–Trinajstić information content (AvgIpc) is 2.41. The van der Waals surface area contributed by atoms with Crippen LogP contribution in [-0.2, 0) is 0 Å². The molecule has 0 fully saturated rings. The van der Waals surface area contributed by atoms with Crippen LogP contribution >= 0.6 is 27.5 Å². The molecule has 19 heavy (non-hydrogen) atoms. The molecule has 0 bridgehead atoms. The molecule has 1 aliphatic carbocycles. The lowest BCUT2D eigenvalue weighted by atomic mass is 9.94. The van der Waals surface area contributed by atoms with Crippen molar-refractivity contribution in [3.63, 3.8) is 0 Å². The summed E-state index contributed by atoms with van der Waals surface area (Å²) in [4.78, 5) is 0. The van der Waals surface area contributed by atoms with Gasteiger partial charge in [-0.2, -0.15) is 0 Å². The predicted octanol–water partition coefficient (Wildman–Crippen LogP) is 5.27. The summed E-state index contributed by atoms with van der Waals surface area (Å²) < 4.78 is 6.58. The summed E-state index contributed by atoms with van der Waals surface area (Å²) in [6, 6.07) is 3.79. The van der Waals surface area contributed by atoms with E-state index in [-0.39, 0.29) is 0 Å². The van der Waals surface area contributed by atoms with Gasteiger partial charge in [0.25, 0.3) is 0 Å². The summed E-state index contributed by atoms with van der Waals surface area (Å²) in [6.07, 6.45) is 8.11. The molecule has 1 aromatic carbocycles. The number of rotatable bonds is 5. The fraction of sp³-hybridized carbons (Fsp3) is 0.467. The lowest BCUT2D eigenvalue weighted by molar-refractivity contribution is 0.339. The first-order valence-corrected chi connectivity index (χ1v) is 7.88. The number of allylic oxidation sites excluding steroid dienone is 2. The van der Waals surface area contributed by atoms with Crippen LogP contribution in [0.4, 0.5) is 5.69 Å². The molecule has 0 spiro atoms. The van der Waals surface area contributed by atoms with E-state index >= 15 is 0 Å². The van der Waals surface area contributed by atoms with Crippen molar-refractivity contribution in [1.29, 1.82) is 0 Å². The van der Waals surface area contributed by atoms with E-state index in [1.54, 1.807) is 0 Å². The molecule has 0 amide bonds. The highest BCUT2D eigenvalue weighted by Crippen LogP contribution is 2.37. The van der Waals surface area contributed by atoms with Gasteiger partial charge in [-0.25, -0.2) is 0 Å². The predicted molar refractivity (Wildman–Crippen MR) is 85.3 cm³/mol. The summed E-state index contributed by atoms with van der Waals surface area (Å²) >= 11 is 9.61. The van der Waals surface area contributed by atoms with Crippen molar-refractivity contribution in [1.82, 2.24) is 0 Å². The van der Waals surface area contributed by atoms with Gasteiger partial charge in [-0.3, -0.25) is 0 Å². The van der Waals surface area contributed by atoms with Crippen LogP contribution in [0.1, 0.15) is 26.2 Å². The summed E-state index contributed by atoms with van der Waals surface area (Å²) in [5, 5.41) is 4.19. The summed E-state index contributed by atoms with van der Waals surface area (Å²) in [5.74, 6) is 1.54. The van der Waals surface area contributed by atoms with Crippen LogP contribution in [-0.4, -0.2) is 13.2 Å². The maximum absolute atomic E-state index is 6.11. The standard InChI is InChI=1S/C15H19BrClNO/c1-2-19-15-13(16)8-12(17)9-14(15)18-10-11-6-4-3-5-7-11/h3-4,8-9,11,18H,2,5-7,10H2,1H3. The molecular weight excluding hydrogens is 326 g/mol. The van der Waals surface area contributed by atoms with E-state index in [1.165, 1.54) is 12.8 Å². The fourth-order valence-electron chi connectivity index (χ4n) is 2.28. The molecule has 0 aromatic heterocycles. The molecule has 0 radical (unpaired) electrons. The van der Waals surface area contributed by atoms with Crippen LogP contribution < -0.4 is 10.1 Å². The van der Waals surface area contributed by atoms with Crippen molar-refractivity contribution in [3.05, 3.63) is 33.8 Å². The second-order valence-corrected chi connectivity index (χ2v) is 6.02. The first-order valence-electron chi connectivity index (χ1n) is 6.71. The Labute approximate surface area is 128 Å². The molecule has 0 heterocycles. The Balaban J connectivity index is 2.07. The van der Waals surface area contributed by atoms with Gasteiger partial charge in [0.05, 0.1) is 16.8 Å². The average molecular weight is 345 g/mol. The molecule has 1 N–H and O–H groups in total. The van der Waals surface area contributed by atoms with Gasteiger partial charge >= 0.3 is 0 Å². The number of halogens is 2. The molecule has 1 aliphatic rings. The molecular formula is C15H19BrClNO. The van der Waals surface area contributed by atoms with Gasteiger partial charge in [-0.1, -0.05) is 23.8 Å². The van der Waals surface area contributed by atoms with Gasteiger partial charge < -0.3 is 10.1 Å². The Morgan fingerprint density at radius 1 is 1.42 bits per heavy atom. The monoisotopic (exact) mass is 343 g/mol. The number of hydrogen-bond donors (Lipinski definition) is 1. The smallest absolute Gasteiger partial charge is 0.156 e. The highest BCUT2D eigenvalue weighted by atomic mass is 79.9. The molecule has 2 nitrogen and oxygen atoms in total. The Morgan fingerprint density at radius 2 is 2.26 bits per heavy atom. The van der Waals surface area contributed by atoms with Gasteiger partial charge in [0.15, 0.2) is 5.75 Å². The highest BCUT2D eigenvalue weighted by Gasteiger charge is 2.13. The van der Waals surface area contributed by atoms with Crippen molar-refractivity contribution in [2.45, 2.75) is 26.2 Å². The minimum atomic E-state index is 0.640. The maximum Gasteiger partial charge on any atom is 0.156 e. The largest absolute Gasteiger partial charge is 0.491 e. The van der Waals surface area contributed by atoms with Crippen molar-refractivity contribution >= 4 is 33.2 Å². The first-order chi connectivity index (χ1) is 9.20. The number of benzene rings is 1. The molecule has 2 rings (SSSR count). The lowest BCUT2D eigenvalue weighted by Gasteiger charge is -2.20. The topological polar surface area (TPSA) is 21.3 Å². The number of anilines is 1. The normalized spacial score (nSPS) is 18.4.